The van der Waals surface area contributed by atoms with Gasteiger partial charge in [0.25, 0.3) is 0 Å². The summed E-state index contributed by atoms with van der Waals surface area (Å²) < 4.78 is 53.4. The Labute approximate surface area is 162 Å². The molecular weight excluding hydrogens is 384 g/mol. The van der Waals surface area contributed by atoms with Crippen molar-refractivity contribution in [2.75, 3.05) is 31.1 Å². The summed E-state index contributed by atoms with van der Waals surface area (Å²) in [6.07, 6.45) is 1.75. The lowest BCUT2D eigenvalue weighted by Crippen LogP contribution is -2.48. The van der Waals surface area contributed by atoms with Gasteiger partial charge < -0.3 is 4.90 Å². The maximum atomic E-state index is 13.5. The highest BCUT2D eigenvalue weighted by Crippen LogP contribution is 2.28. The Morgan fingerprint density at radius 1 is 0.929 bits per heavy atom. The molecule has 0 radical (unpaired) electrons. The molecule has 4 rings (SSSR count). The summed E-state index contributed by atoms with van der Waals surface area (Å²) in [5.74, 6) is -2.23. The standard InChI is InChI=1S/C20H19F2N3O2S/c1-14-2-5-19-16(12-14)20(6-7-23-19)24-8-10-25(11-9-24)28(26,27)15-3-4-17(21)18(22)13-15/h2-7,12-13H,8-11H2,1H3. The zero-order chi connectivity index (χ0) is 19.9. The van der Waals surface area contributed by atoms with Crippen molar-refractivity contribution in [3.63, 3.8) is 0 Å². The van der Waals surface area contributed by atoms with Crippen molar-refractivity contribution >= 4 is 26.6 Å². The molecule has 0 aliphatic carbocycles. The van der Waals surface area contributed by atoms with Gasteiger partial charge in [-0.25, -0.2) is 17.2 Å². The molecule has 0 bridgehead atoms. The number of sulfonamides is 1. The van der Waals surface area contributed by atoms with Gasteiger partial charge in [-0.3, -0.25) is 4.98 Å². The maximum absolute atomic E-state index is 13.5. The molecule has 0 unspecified atom stereocenters. The van der Waals surface area contributed by atoms with Crippen molar-refractivity contribution in [1.29, 1.82) is 0 Å². The molecule has 0 N–H and O–H groups in total. The van der Waals surface area contributed by atoms with Crippen LogP contribution in [-0.4, -0.2) is 43.9 Å². The molecule has 2 aromatic carbocycles. The van der Waals surface area contributed by atoms with E-state index in [-0.39, 0.29) is 18.0 Å². The fourth-order valence-corrected chi connectivity index (χ4v) is 4.91. The summed E-state index contributed by atoms with van der Waals surface area (Å²) in [6.45, 7) is 3.53. The lowest BCUT2D eigenvalue weighted by atomic mass is 10.1. The number of hydrogen-bond donors (Lipinski definition) is 0. The molecule has 0 saturated carbocycles. The molecule has 1 saturated heterocycles. The summed E-state index contributed by atoms with van der Waals surface area (Å²) in [6, 6.07) is 10.6. The van der Waals surface area contributed by atoms with Crippen LogP contribution in [0, 0.1) is 18.6 Å². The van der Waals surface area contributed by atoms with Gasteiger partial charge in [0.05, 0.1) is 10.4 Å². The van der Waals surface area contributed by atoms with Gasteiger partial charge in [0.1, 0.15) is 0 Å². The Morgan fingerprint density at radius 2 is 1.68 bits per heavy atom. The van der Waals surface area contributed by atoms with Crippen LogP contribution in [0.3, 0.4) is 0 Å². The van der Waals surface area contributed by atoms with Gasteiger partial charge >= 0.3 is 0 Å². The van der Waals surface area contributed by atoms with Crippen molar-refractivity contribution in [3.8, 4) is 0 Å². The molecule has 1 fully saturated rings. The maximum Gasteiger partial charge on any atom is 0.243 e. The molecule has 0 atom stereocenters. The number of aromatic nitrogens is 1. The van der Waals surface area contributed by atoms with E-state index in [9.17, 15) is 17.2 Å². The quantitative estimate of drug-likeness (QED) is 0.673. The van der Waals surface area contributed by atoms with Gasteiger partial charge in [-0.2, -0.15) is 4.31 Å². The SMILES string of the molecule is Cc1ccc2nccc(N3CCN(S(=O)(=O)c4ccc(F)c(F)c4)CC3)c2c1. The third kappa shape index (κ3) is 3.33. The van der Waals surface area contributed by atoms with Crippen LogP contribution in [0.1, 0.15) is 5.56 Å². The average Bonchev–Trinajstić information content (AvgIpc) is 2.69. The van der Waals surface area contributed by atoms with Crippen molar-refractivity contribution in [2.45, 2.75) is 11.8 Å². The number of rotatable bonds is 3. The minimum atomic E-state index is -3.87. The molecule has 28 heavy (non-hydrogen) atoms. The van der Waals surface area contributed by atoms with E-state index in [0.717, 1.165) is 40.4 Å². The lowest BCUT2D eigenvalue weighted by molar-refractivity contribution is 0.384. The number of aryl methyl sites for hydroxylation is 1. The molecule has 1 aliphatic rings. The second-order valence-electron chi connectivity index (χ2n) is 6.82. The molecule has 0 amide bonds. The summed E-state index contributed by atoms with van der Waals surface area (Å²) in [5.41, 5.74) is 3.03. The number of piperazine rings is 1. The van der Waals surface area contributed by atoms with Gasteiger partial charge in [-0.05, 0) is 43.3 Å². The normalized spacial score (nSPS) is 15.9. The molecular formula is C20H19F2N3O2S. The summed E-state index contributed by atoms with van der Waals surface area (Å²) >= 11 is 0. The van der Waals surface area contributed by atoms with Crippen LogP contribution in [0.25, 0.3) is 10.9 Å². The minimum Gasteiger partial charge on any atom is -0.368 e. The number of fused-ring (bicyclic) bond motifs is 1. The van der Waals surface area contributed by atoms with Gasteiger partial charge in [-0.15, -0.1) is 0 Å². The van der Waals surface area contributed by atoms with Crippen LogP contribution < -0.4 is 4.90 Å². The number of hydrogen-bond acceptors (Lipinski definition) is 4. The zero-order valence-corrected chi connectivity index (χ0v) is 16.1. The third-order valence-corrected chi connectivity index (χ3v) is 6.88. The molecule has 8 heteroatoms. The second kappa shape index (κ2) is 7.10. The fourth-order valence-electron chi connectivity index (χ4n) is 3.48. The van der Waals surface area contributed by atoms with E-state index in [2.05, 4.69) is 16.0 Å². The van der Waals surface area contributed by atoms with Crippen molar-refractivity contribution in [1.82, 2.24) is 9.29 Å². The Bertz CT molecular complexity index is 1140. The Kier molecular flexibility index (Phi) is 4.76. The van der Waals surface area contributed by atoms with Crippen molar-refractivity contribution in [3.05, 3.63) is 65.9 Å². The smallest absolute Gasteiger partial charge is 0.243 e. The van der Waals surface area contributed by atoms with Crippen LogP contribution in [0.5, 0.6) is 0 Å². The van der Waals surface area contributed by atoms with Crippen molar-refractivity contribution < 1.29 is 17.2 Å². The topological polar surface area (TPSA) is 53.5 Å². The highest BCUT2D eigenvalue weighted by molar-refractivity contribution is 7.89. The molecule has 1 aliphatic heterocycles. The Hall–Kier alpha value is -2.58. The first-order valence-corrected chi connectivity index (χ1v) is 10.4. The average molecular weight is 403 g/mol. The van der Waals surface area contributed by atoms with Gasteiger partial charge in [0, 0.05) is 43.4 Å². The summed E-state index contributed by atoms with van der Waals surface area (Å²) in [7, 11) is -3.87. The van der Waals surface area contributed by atoms with Gasteiger partial charge in [0.2, 0.25) is 10.0 Å². The van der Waals surface area contributed by atoms with E-state index in [1.54, 1.807) is 6.20 Å². The third-order valence-electron chi connectivity index (χ3n) is 4.98. The van der Waals surface area contributed by atoms with Crippen LogP contribution in [0.4, 0.5) is 14.5 Å². The summed E-state index contributed by atoms with van der Waals surface area (Å²) in [4.78, 5) is 6.28. The Morgan fingerprint density at radius 3 is 2.39 bits per heavy atom. The van der Waals surface area contributed by atoms with E-state index < -0.39 is 21.7 Å². The molecule has 3 aromatic rings. The number of nitrogens with zero attached hydrogens (tertiary/aromatic N) is 3. The van der Waals surface area contributed by atoms with Crippen LogP contribution in [0.2, 0.25) is 0 Å². The lowest BCUT2D eigenvalue weighted by Gasteiger charge is -2.35. The van der Waals surface area contributed by atoms with E-state index >= 15 is 0 Å². The number of pyridine rings is 1. The highest BCUT2D eigenvalue weighted by atomic mass is 32.2. The summed E-state index contributed by atoms with van der Waals surface area (Å²) in [5, 5.41) is 1.03. The van der Waals surface area contributed by atoms with E-state index in [1.165, 1.54) is 4.31 Å². The predicted molar refractivity (Wildman–Crippen MR) is 104 cm³/mol. The van der Waals surface area contributed by atoms with E-state index in [0.29, 0.717) is 13.1 Å². The number of anilines is 1. The van der Waals surface area contributed by atoms with Crippen LogP contribution in [-0.2, 0) is 10.0 Å². The zero-order valence-electron chi connectivity index (χ0n) is 15.3. The fraction of sp³-hybridized carbons (Fsp3) is 0.250. The van der Waals surface area contributed by atoms with Crippen LogP contribution in [0.15, 0.2) is 53.6 Å². The van der Waals surface area contributed by atoms with Gasteiger partial charge in [-0.1, -0.05) is 11.6 Å². The van der Waals surface area contributed by atoms with E-state index in [4.69, 9.17) is 0 Å². The number of halogens is 2. The highest BCUT2D eigenvalue weighted by Gasteiger charge is 2.29. The molecule has 0 spiro atoms. The first-order valence-electron chi connectivity index (χ1n) is 8.92. The molecule has 146 valence electrons. The molecule has 2 heterocycles. The predicted octanol–water partition coefficient (Wildman–Crippen LogP) is 3.33. The largest absolute Gasteiger partial charge is 0.368 e. The first kappa shape index (κ1) is 18.8. The van der Waals surface area contributed by atoms with Gasteiger partial charge in [0.15, 0.2) is 11.6 Å². The van der Waals surface area contributed by atoms with Crippen LogP contribution >= 0.6 is 0 Å². The Balaban J connectivity index is 1.57. The van der Waals surface area contributed by atoms with E-state index in [1.807, 2.05) is 25.1 Å². The first-order chi connectivity index (χ1) is 13.4. The minimum absolute atomic E-state index is 0.232. The number of benzene rings is 2. The monoisotopic (exact) mass is 403 g/mol. The molecule has 5 nitrogen and oxygen atoms in total. The van der Waals surface area contributed by atoms with Crippen molar-refractivity contribution in [2.24, 2.45) is 0 Å². The second-order valence-corrected chi connectivity index (χ2v) is 8.76. The molecule has 1 aromatic heterocycles.